The molecule has 154 valence electrons. The summed E-state index contributed by atoms with van der Waals surface area (Å²) < 4.78 is 40.0. The number of amidine groups is 1. The van der Waals surface area contributed by atoms with E-state index in [1.165, 1.54) is 18.2 Å². The number of fused-ring (bicyclic) bond motifs is 1. The van der Waals surface area contributed by atoms with Gasteiger partial charge in [0.1, 0.15) is 17.7 Å². The van der Waals surface area contributed by atoms with Crippen molar-refractivity contribution in [3.05, 3.63) is 65.5 Å². The molecule has 1 aliphatic heterocycles. The topological polar surface area (TPSA) is 87.6 Å². The first-order chi connectivity index (χ1) is 13.8. The molecule has 0 saturated heterocycles. The monoisotopic (exact) mass is 417 g/mol. The van der Waals surface area contributed by atoms with Crippen LogP contribution in [0.2, 0.25) is 0 Å². The lowest BCUT2D eigenvalue weighted by atomic mass is 10.0. The molecule has 2 aromatic rings. The molecular formula is C21H24FN3O3S. The van der Waals surface area contributed by atoms with Gasteiger partial charge in [-0.2, -0.15) is 0 Å². The Morgan fingerprint density at radius 2 is 1.83 bits per heavy atom. The van der Waals surface area contributed by atoms with Gasteiger partial charge in [0.15, 0.2) is 0 Å². The van der Waals surface area contributed by atoms with Crippen LogP contribution in [0.5, 0.6) is 0 Å². The van der Waals surface area contributed by atoms with E-state index in [9.17, 15) is 17.6 Å². The molecule has 1 atom stereocenters. The largest absolute Gasteiger partial charge is 0.354 e. The number of rotatable bonds is 7. The van der Waals surface area contributed by atoms with Gasteiger partial charge < -0.3 is 5.32 Å². The molecular weight excluding hydrogens is 393 g/mol. The summed E-state index contributed by atoms with van der Waals surface area (Å²) >= 11 is 0. The number of hydrogen-bond acceptors (Lipinski definition) is 4. The second-order valence-corrected chi connectivity index (χ2v) is 9.04. The highest BCUT2D eigenvalue weighted by atomic mass is 32.2. The van der Waals surface area contributed by atoms with E-state index in [0.29, 0.717) is 24.9 Å². The van der Waals surface area contributed by atoms with E-state index in [1.807, 2.05) is 13.8 Å². The van der Waals surface area contributed by atoms with Crippen LogP contribution in [0, 0.1) is 11.7 Å². The molecule has 1 amide bonds. The zero-order valence-electron chi connectivity index (χ0n) is 16.4. The summed E-state index contributed by atoms with van der Waals surface area (Å²) in [7, 11) is -3.65. The van der Waals surface area contributed by atoms with Gasteiger partial charge in [0.05, 0.1) is 4.90 Å². The van der Waals surface area contributed by atoms with Gasteiger partial charge in [0, 0.05) is 12.1 Å². The second kappa shape index (κ2) is 8.73. The molecule has 1 heterocycles. The Bertz CT molecular complexity index is 1020. The summed E-state index contributed by atoms with van der Waals surface area (Å²) in [4.78, 5) is 17.3. The van der Waals surface area contributed by atoms with Crippen LogP contribution in [0.25, 0.3) is 0 Å². The summed E-state index contributed by atoms with van der Waals surface area (Å²) in [6, 6.07) is 12.0. The molecule has 6 nitrogen and oxygen atoms in total. The van der Waals surface area contributed by atoms with Crippen molar-refractivity contribution in [3.63, 3.8) is 0 Å². The lowest BCUT2D eigenvalue weighted by Gasteiger charge is -2.16. The summed E-state index contributed by atoms with van der Waals surface area (Å²) in [5.74, 6) is -0.179. The van der Waals surface area contributed by atoms with Gasteiger partial charge in [-0.25, -0.2) is 12.8 Å². The van der Waals surface area contributed by atoms with Crippen molar-refractivity contribution in [1.29, 1.82) is 0 Å². The molecule has 0 fully saturated rings. The van der Waals surface area contributed by atoms with E-state index >= 15 is 0 Å². The standard InChI is InChI=1S/C21H24FN3O3S/c1-14(2)13-18(21(26)23-12-11-15-7-9-16(22)10-8-15)24-20-17-5-3-4-6-19(17)29(27,28)25-20/h3-10,14,18H,11-13H2,1-2H3,(H,23,26)(H,24,25). The Morgan fingerprint density at radius 1 is 1.14 bits per heavy atom. The fourth-order valence-corrected chi connectivity index (χ4v) is 4.39. The number of carbonyl (C=O) groups excluding carboxylic acids is 1. The maximum absolute atomic E-state index is 13.0. The van der Waals surface area contributed by atoms with Crippen molar-refractivity contribution in [1.82, 2.24) is 10.0 Å². The number of carbonyl (C=O) groups is 1. The number of sulfonamides is 1. The van der Waals surface area contributed by atoms with Crippen LogP contribution in [0.15, 0.2) is 58.4 Å². The van der Waals surface area contributed by atoms with E-state index in [-0.39, 0.29) is 28.4 Å². The first-order valence-corrected chi connectivity index (χ1v) is 11.0. The van der Waals surface area contributed by atoms with Crippen LogP contribution in [0.3, 0.4) is 0 Å². The summed E-state index contributed by atoms with van der Waals surface area (Å²) in [6.07, 6.45) is 1.04. The SMILES string of the molecule is CC(C)CC(N=C1NS(=O)(=O)c2ccccc21)C(=O)NCCc1ccc(F)cc1. The predicted octanol–water partition coefficient (Wildman–Crippen LogP) is 2.64. The molecule has 2 aromatic carbocycles. The zero-order chi connectivity index (χ0) is 21.0. The van der Waals surface area contributed by atoms with Gasteiger partial charge in [-0.3, -0.25) is 14.5 Å². The van der Waals surface area contributed by atoms with Crippen LogP contribution in [0.1, 0.15) is 31.4 Å². The average Bonchev–Trinajstić information content (AvgIpc) is 2.93. The van der Waals surface area contributed by atoms with Gasteiger partial charge in [-0.05, 0) is 48.6 Å². The Balaban J connectivity index is 1.73. The minimum absolute atomic E-state index is 0.166. The van der Waals surface area contributed by atoms with E-state index in [1.54, 1.807) is 30.3 Å². The van der Waals surface area contributed by atoms with E-state index < -0.39 is 16.1 Å². The Labute approximate surface area is 170 Å². The van der Waals surface area contributed by atoms with Crippen molar-refractivity contribution in [2.24, 2.45) is 10.9 Å². The van der Waals surface area contributed by atoms with Crippen LogP contribution in [-0.2, 0) is 21.2 Å². The van der Waals surface area contributed by atoms with Crippen molar-refractivity contribution in [2.75, 3.05) is 6.54 Å². The molecule has 1 aliphatic rings. The molecule has 0 aromatic heterocycles. The first kappa shape index (κ1) is 21.0. The molecule has 2 N–H and O–H groups in total. The highest BCUT2D eigenvalue weighted by Crippen LogP contribution is 2.23. The molecule has 1 unspecified atom stereocenters. The van der Waals surface area contributed by atoms with Crippen LogP contribution >= 0.6 is 0 Å². The molecule has 8 heteroatoms. The van der Waals surface area contributed by atoms with Crippen molar-refractivity contribution in [3.8, 4) is 0 Å². The summed E-state index contributed by atoms with van der Waals surface area (Å²) in [5, 5.41) is 2.85. The van der Waals surface area contributed by atoms with Crippen molar-refractivity contribution < 1.29 is 17.6 Å². The van der Waals surface area contributed by atoms with Crippen molar-refractivity contribution >= 4 is 21.8 Å². The van der Waals surface area contributed by atoms with Crippen molar-refractivity contribution in [2.45, 2.75) is 37.6 Å². The maximum Gasteiger partial charge on any atom is 0.263 e. The maximum atomic E-state index is 13.0. The van der Waals surface area contributed by atoms with Gasteiger partial charge in [0.25, 0.3) is 10.0 Å². The Kier molecular flexibility index (Phi) is 6.32. The van der Waals surface area contributed by atoms with Gasteiger partial charge >= 0.3 is 0 Å². The lowest BCUT2D eigenvalue weighted by Crippen LogP contribution is -2.37. The van der Waals surface area contributed by atoms with Crippen LogP contribution in [-0.4, -0.2) is 32.7 Å². The fraction of sp³-hybridized carbons (Fsp3) is 0.333. The third kappa shape index (κ3) is 5.20. The number of benzene rings is 2. The summed E-state index contributed by atoms with van der Waals surface area (Å²) in [6.45, 7) is 4.34. The number of hydrogen-bond donors (Lipinski definition) is 2. The summed E-state index contributed by atoms with van der Waals surface area (Å²) in [5.41, 5.74) is 1.39. The molecule has 0 bridgehead atoms. The molecule has 29 heavy (non-hydrogen) atoms. The zero-order valence-corrected chi connectivity index (χ0v) is 17.2. The molecule has 3 rings (SSSR count). The Morgan fingerprint density at radius 3 is 2.52 bits per heavy atom. The first-order valence-electron chi connectivity index (χ1n) is 9.48. The lowest BCUT2D eigenvalue weighted by molar-refractivity contribution is -0.122. The molecule has 0 radical (unpaired) electrons. The number of nitrogens with one attached hydrogen (secondary N) is 2. The van der Waals surface area contributed by atoms with E-state index in [0.717, 1.165) is 5.56 Å². The number of aliphatic imine (C=N–C) groups is 1. The second-order valence-electron chi connectivity index (χ2n) is 7.39. The number of halogens is 1. The number of nitrogens with zero attached hydrogens (tertiary/aromatic N) is 1. The minimum atomic E-state index is -3.65. The van der Waals surface area contributed by atoms with E-state index in [2.05, 4.69) is 15.0 Å². The third-order valence-electron chi connectivity index (χ3n) is 4.57. The normalized spacial score (nSPS) is 17.0. The third-order valence-corrected chi connectivity index (χ3v) is 5.97. The van der Waals surface area contributed by atoms with Gasteiger partial charge in [-0.1, -0.05) is 38.1 Å². The highest BCUT2D eigenvalue weighted by Gasteiger charge is 2.32. The minimum Gasteiger partial charge on any atom is -0.354 e. The fourth-order valence-electron chi connectivity index (χ4n) is 3.15. The predicted molar refractivity (Wildman–Crippen MR) is 110 cm³/mol. The van der Waals surface area contributed by atoms with Gasteiger partial charge in [0.2, 0.25) is 5.91 Å². The smallest absolute Gasteiger partial charge is 0.263 e. The van der Waals surface area contributed by atoms with Crippen LogP contribution < -0.4 is 10.0 Å². The quantitative estimate of drug-likeness (QED) is 0.726. The van der Waals surface area contributed by atoms with Crippen LogP contribution in [0.4, 0.5) is 4.39 Å². The van der Waals surface area contributed by atoms with E-state index in [4.69, 9.17) is 0 Å². The Hall–Kier alpha value is -2.74. The molecule has 0 spiro atoms. The molecule has 0 aliphatic carbocycles. The number of amides is 1. The van der Waals surface area contributed by atoms with Gasteiger partial charge in [-0.15, -0.1) is 0 Å². The molecule has 0 saturated carbocycles. The highest BCUT2D eigenvalue weighted by molar-refractivity contribution is 7.90. The average molecular weight is 418 g/mol.